The Hall–Kier alpha value is -1.56. The Morgan fingerprint density at radius 1 is 1.54 bits per heavy atom. The third kappa shape index (κ3) is 1.62. The summed E-state index contributed by atoms with van der Waals surface area (Å²) in [4.78, 5) is 3.90. The molecule has 1 saturated carbocycles. The molecule has 13 heavy (non-hydrogen) atoms. The Morgan fingerprint density at radius 2 is 2.38 bits per heavy atom. The molecule has 1 fully saturated rings. The number of hydrogen-bond donors (Lipinski definition) is 1. The number of hydrogen-bond acceptors (Lipinski definition) is 3. The Kier molecular flexibility index (Phi) is 2.13. The minimum atomic E-state index is 0.564. The molecule has 2 rings (SSSR count). The summed E-state index contributed by atoms with van der Waals surface area (Å²) >= 11 is 0. The maximum Gasteiger partial charge on any atom is 0.103 e. The molecule has 1 aromatic heterocycles. The molecule has 0 radical (unpaired) electrons. The number of nitrogens with one attached hydrogen (secondary N) is 1. The van der Waals surface area contributed by atoms with Crippen molar-refractivity contribution in [1.29, 1.82) is 5.26 Å². The molecule has 0 bridgehead atoms. The lowest BCUT2D eigenvalue weighted by Gasteiger charge is -2.27. The van der Waals surface area contributed by atoms with Crippen molar-refractivity contribution >= 4 is 5.69 Å². The van der Waals surface area contributed by atoms with E-state index in [0.29, 0.717) is 11.6 Å². The predicted octanol–water partition coefficient (Wildman–Crippen LogP) is 1.92. The maximum absolute atomic E-state index is 8.79. The summed E-state index contributed by atoms with van der Waals surface area (Å²) in [6.07, 6.45) is 7.04. The predicted molar refractivity (Wildman–Crippen MR) is 50.2 cm³/mol. The lowest BCUT2D eigenvalue weighted by molar-refractivity contribution is 0.445. The van der Waals surface area contributed by atoms with E-state index < -0.39 is 0 Å². The highest BCUT2D eigenvalue weighted by Gasteiger charge is 2.17. The molecule has 0 spiro atoms. The fraction of sp³-hybridized carbons (Fsp3) is 0.400. The van der Waals surface area contributed by atoms with Crippen molar-refractivity contribution in [1.82, 2.24) is 4.98 Å². The maximum atomic E-state index is 8.79. The fourth-order valence-electron chi connectivity index (χ4n) is 1.38. The Bertz CT molecular complexity index is 336. The van der Waals surface area contributed by atoms with Gasteiger partial charge in [-0.05, 0) is 25.3 Å². The summed E-state index contributed by atoms with van der Waals surface area (Å²) < 4.78 is 0. The highest BCUT2D eigenvalue weighted by molar-refractivity contribution is 5.56. The van der Waals surface area contributed by atoms with Crippen LogP contribution in [0.3, 0.4) is 0 Å². The van der Waals surface area contributed by atoms with Crippen LogP contribution in [0.15, 0.2) is 18.5 Å². The molecule has 0 aromatic carbocycles. The van der Waals surface area contributed by atoms with E-state index in [1.54, 1.807) is 12.4 Å². The quantitative estimate of drug-likeness (QED) is 0.743. The zero-order valence-corrected chi connectivity index (χ0v) is 7.33. The van der Waals surface area contributed by atoms with E-state index in [0.717, 1.165) is 5.69 Å². The Labute approximate surface area is 77.4 Å². The first-order valence-corrected chi connectivity index (χ1v) is 4.51. The van der Waals surface area contributed by atoms with E-state index in [1.165, 1.54) is 19.3 Å². The first-order valence-electron chi connectivity index (χ1n) is 4.51. The molecule has 1 N–H and O–H groups in total. The molecule has 1 heterocycles. The molecule has 1 aliphatic carbocycles. The molecule has 0 atom stereocenters. The largest absolute Gasteiger partial charge is 0.381 e. The summed E-state index contributed by atoms with van der Waals surface area (Å²) in [7, 11) is 0. The number of nitriles is 1. The van der Waals surface area contributed by atoms with Gasteiger partial charge in [0.1, 0.15) is 6.07 Å². The first kappa shape index (κ1) is 8.06. The summed E-state index contributed by atoms with van der Waals surface area (Å²) in [5, 5.41) is 12.1. The van der Waals surface area contributed by atoms with Gasteiger partial charge in [0.05, 0.1) is 11.3 Å². The molecule has 0 saturated heterocycles. The van der Waals surface area contributed by atoms with Crippen molar-refractivity contribution in [3.8, 4) is 6.07 Å². The van der Waals surface area contributed by atoms with Crippen LogP contribution in [0.2, 0.25) is 0 Å². The molecule has 66 valence electrons. The highest BCUT2D eigenvalue weighted by Crippen LogP contribution is 2.24. The fourth-order valence-corrected chi connectivity index (χ4v) is 1.38. The monoisotopic (exact) mass is 173 g/mol. The summed E-state index contributed by atoms with van der Waals surface area (Å²) in [5.74, 6) is 0. The Balaban J connectivity index is 2.14. The smallest absolute Gasteiger partial charge is 0.103 e. The van der Waals surface area contributed by atoms with Crippen LogP contribution in [0.5, 0.6) is 0 Å². The van der Waals surface area contributed by atoms with E-state index in [2.05, 4.69) is 16.4 Å². The van der Waals surface area contributed by atoms with Crippen LogP contribution < -0.4 is 5.32 Å². The van der Waals surface area contributed by atoms with Crippen molar-refractivity contribution in [2.45, 2.75) is 25.3 Å². The lowest BCUT2D eigenvalue weighted by atomic mass is 9.93. The van der Waals surface area contributed by atoms with Crippen LogP contribution in [0.25, 0.3) is 0 Å². The van der Waals surface area contributed by atoms with Gasteiger partial charge in [-0.1, -0.05) is 0 Å². The third-order valence-corrected chi connectivity index (χ3v) is 2.41. The molecule has 3 nitrogen and oxygen atoms in total. The average molecular weight is 173 g/mol. The van der Waals surface area contributed by atoms with Gasteiger partial charge in [-0.2, -0.15) is 5.26 Å². The number of pyridine rings is 1. The summed E-state index contributed by atoms with van der Waals surface area (Å²) in [5.41, 5.74) is 1.55. The van der Waals surface area contributed by atoms with Gasteiger partial charge in [-0.25, -0.2) is 0 Å². The topological polar surface area (TPSA) is 48.7 Å². The van der Waals surface area contributed by atoms with Gasteiger partial charge in [0, 0.05) is 18.4 Å². The third-order valence-electron chi connectivity index (χ3n) is 2.41. The molecule has 0 amide bonds. The van der Waals surface area contributed by atoms with Gasteiger partial charge < -0.3 is 5.32 Å². The number of anilines is 1. The number of aromatic nitrogens is 1. The number of nitrogens with zero attached hydrogens (tertiary/aromatic N) is 2. The van der Waals surface area contributed by atoms with E-state index >= 15 is 0 Å². The summed E-state index contributed by atoms with van der Waals surface area (Å²) in [6.45, 7) is 0. The van der Waals surface area contributed by atoms with Crippen molar-refractivity contribution in [2.75, 3.05) is 5.32 Å². The second-order valence-corrected chi connectivity index (χ2v) is 3.31. The minimum absolute atomic E-state index is 0.564. The van der Waals surface area contributed by atoms with Crippen molar-refractivity contribution < 1.29 is 0 Å². The van der Waals surface area contributed by atoms with Gasteiger partial charge in [0.2, 0.25) is 0 Å². The van der Waals surface area contributed by atoms with E-state index in [9.17, 15) is 0 Å². The van der Waals surface area contributed by atoms with Crippen LogP contribution in [-0.2, 0) is 0 Å². The van der Waals surface area contributed by atoms with Gasteiger partial charge in [0.25, 0.3) is 0 Å². The van der Waals surface area contributed by atoms with Crippen molar-refractivity contribution in [2.24, 2.45) is 0 Å². The standard InChI is InChI=1S/C10H11N3/c11-6-8-7-12-5-4-10(8)13-9-2-1-3-9/h4-5,7,9H,1-3H2,(H,12,13). The van der Waals surface area contributed by atoms with Crippen LogP contribution in [0.1, 0.15) is 24.8 Å². The van der Waals surface area contributed by atoms with Gasteiger partial charge in [-0.3, -0.25) is 4.98 Å². The van der Waals surface area contributed by atoms with Gasteiger partial charge >= 0.3 is 0 Å². The minimum Gasteiger partial charge on any atom is -0.381 e. The number of rotatable bonds is 2. The van der Waals surface area contributed by atoms with Crippen LogP contribution in [-0.4, -0.2) is 11.0 Å². The second-order valence-electron chi connectivity index (χ2n) is 3.31. The van der Waals surface area contributed by atoms with Crippen molar-refractivity contribution in [3.05, 3.63) is 24.0 Å². The molecular formula is C10H11N3. The molecule has 1 aromatic rings. The Morgan fingerprint density at radius 3 is 3.00 bits per heavy atom. The highest BCUT2D eigenvalue weighted by atomic mass is 14.9. The zero-order chi connectivity index (χ0) is 9.10. The first-order chi connectivity index (χ1) is 6.40. The van der Waals surface area contributed by atoms with Gasteiger partial charge in [0.15, 0.2) is 0 Å². The molecular weight excluding hydrogens is 162 g/mol. The SMILES string of the molecule is N#Cc1cnccc1NC1CCC1. The normalized spacial score (nSPS) is 15.9. The van der Waals surface area contributed by atoms with Crippen LogP contribution >= 0.6 is 0 Å². The zero-order valence-electron chi connectivity index (χ0n) is 7.33. The molecule has 3 heteroatoms. The average Bonchev–Trinajstić information content (AvgIpc) is 2.12. The van der Waals surface area contributed by atoms with Crippen LogP contribution in [0.4, 0.5) is 5.69 Å². The molecule has 0 unspecified atom stereocenters. The molecule has 0 aliphatic heterocycles. The van der Waals surface area contributed by atoms with E-state index in [1.807, 2.05) is 6.07 Å². The van der Waals surface area contributed by atoms with Crippen molar-refractivity contribution in [3.63, 3.8) is 0 Å². The van der Waals surface area contributed by atoms with Gasteiger partial charge in [-0.15, -0.1) is 0 Å². The lowest BCUT2D eigenvalue weighted by Crippen LogP contribution is -2.27. The van der Waals surface area contributed by atoms with E-state index in [-0.39, 0.29) is 0 Å². The second kappa shape index (κ2) is 3.44. The molecule has 1 aliphatic rings. The summed E-state index contributed by atoms with van der Waals surface area (Å²) in [6, 6.07) is 4.55. The van der Waals surface area contributed by atoms with Crippen LogP contribution in [0, 0.1) is 11.3 Å². The van der Waals surface area contributed by atoms with E-state index in [4.69, 9.17) is 5.26 Å².